The Kier molecular flexibility index (Phi) is 13.0. The van der Waals surface area contributed by atoms with Crippen molar-refractivity contribution < 1.29 is 3.79 Å². The van der Waals surface area contributed by atoms with E-state index in [9.17, 15) is 0 Å². The molecule has 0 aliphatic carbocycles. The molecule has 88 valence electrons. The van der Waals surface area contributed by atoms with Gasteiger partial charge in [0.15, 0.2) is 0 Å². The molecule has 0 aromatic carbocycles. The topological polar surface area (TPSA) is 9.23 Å². The molecule has 2 radical (unpaired) electrons. The summed E-state index contributed by atoms with van der Waals surface area (Å²) in [7, 11) is 0. The highest BCUT2D eigenvalue weighted by molar-refractivity contribution is 5.98. The van der Waals surface area contributed by atoms with E-state index >= 15 is 0 Å². The van der Waals surface area contributed by atoms with Crippen molar-refractivity contribution in [3.63, 3.8) is 0 Å². The molecule has 1 unspecified atom stereocenters. The SMILES string of the molecule is CCCCCCCCCCC(CC)[O][Al]. The molecule has 0 aliphatic heterocycles. The first kappa shape index (κ1) is 15.5. The van der Waals surface area contributed by atoms with Gasteiger partial charge in [0.05, 0.1) is 0 Å². The van der Waals surface area contributed by atoms with Gasteiger partial charge >= 0.3 is 16.6 Å². The van der Waals surface area contributed by atoms with Gasteiger partial charge in [0.25, 0.3) is 0 Å². The molecule has 0 spiro atoms. The maximum absolute atomic E-state index is 5.28. The predicted octanol–water partition coefficient (Wildman–Crippen LogP) is 4.40. The van der Waals surface area contributed by atoms with Crippen molar-refractivity contribution in [2.24, 2.45) is 0 Å². The van der Waals surface area contributed by atoms with Gasteiger partial charge in [0, 0.05) is 6.10 Å². The van der Waals surface area contributed by atoms with Crippen LogP contribution in [-0.2, 0) is 3.79 Å². The van der Waals surface area contributed by atoms with E-state index in [4.69, 9.17) is 3.79 Å². The average molecular weight is 226 g/mol. The monoisotopic (exact) mass is 226 g/mol. The van der Waals surface area contributed by atoms with E-state index in [-0.39, 0.29) is 0 Å². The molecule has 0 aromatic rings. The Labute approximate surface area is 105 Å². The average Bonchev–Trinajstić information content (AvgIpc) is 2.27. The van der Waals surface area contributed by atoms with Crippen LogP contribution in [0.1, 0.15) is 78.1 Å². The molecule has 0 fully saturated rings. The number of hydrogen-bond donors (Lipinski definition) is 0. The normalized spacial score (nSPS) is 12.9. The van der Waals surface area contributed by atoms with Gasteiger partial charge in [-0.2, -0.15) is 0 Å². The number of rotatable bonds is 11. The molecule has 0 saturated heterocycles. The van der Waals surface area contributed by atoms with Crippen LogP contribution in [0.2, 0.25) is 0 Å². The Balaban J connectivity index is 3.04. The predicted molar refractivity (Wildman–Crippen MR) is 68.1 cm³/mol. The summed E-state index contributed by atoms with van der Waals surface area (Å²) in [6.45, 7) is 4.47. The molecule has 0 bridgehead atoms. The Morgan fingerprint density at radius 2 is 1.40 bits per heavy atom. The van der Waals surface area contributed by atoms with Crippen molar-refractivity contribution in [3.8, 4) is 0 Å². The lowest BCUT2D eigenvalue weighted by Crippen LogP contribution is -2.09. The quantitative estimate of drug-likeness (QED) is 0.375. The lowest BCUT2D eigenvalue weighted by Gasteiger charge is -2.14. The minimum atomic E-state index is 0.468. The van der Waals surface area contributed by atoms with Crippen molar-refractivity contribution in [2.75, 3.05) is 0 Å². The summed E-state index contributed by atoms with van der Waals surface area (Å²) in [4.78, 5) is 0. The second-order valence-corrected chi connectivity index (χ2v) is 4.70. The van der Waals surface area contributed by atoms with Crippen molar-refractivity contribution in [3.05, 3.63) is 0 Å². The Morgan fingerprint density at radius 1 is 0.867 bits per heavy atom. The summed E-state index contributed by atoms with van der Waals surface area (Å²) in [5, 5.41) is 0. The molecular formula is C13H27AlO. The maximum Gasteiger partial charge on any atom is 0.369 e. The highest BCUT2D eigenvalue weighted by Gasteiger charge is 2.01. The highest BCUT2D eigenvalue weighted by atomic mass is 27.1. The molecule has 1 atom stereocenters. The van der Waals surface area contributed by atoms with Crippen LogP contribution in [0.5, 0.6) is 0 Å². The summed E-state index contributed by atoms with van der Waals surface area (Å²) in [5.41, 5.74) is 0. The molecule has 0 saturated carbocycles. The summed E-state index contributed by atoms with van der Waals surface area (Å²) >= 11 is 2.39. The molecule has 0 aliphatic rings. The minimum absolute atomic E-state index is 0.468. The maximum atomic E-state index is 5.28. The third-order valence-electron chi connectivity index (χ3n) is 3.03. The smallest absolute Gasteiger partial charge is 0.369 e. The molecule has 0 rings (SSSR count). The first-order valence-corrected chi connectivity index (χ1v) is 7.17. The van der Waals surface area contributed by atoms with E-state index in [0.717, 1.165) is 6.42 Å². The highest BCUT2D eigenvalue weighted by Crippen LogP contribution is 2.12. The molecule has 1 nitrogen and oxygen atoms in total. The second-order valence-electron chi connectivity index (χ2n) is 4.43. The fraction of sp³-hybridized carbons (Fsp3) is 1.00. The largest absolute Gasteiger partial charge is 0.514 e. The van der Waals surface area contributed by atoms with E-state index in [1.54, 1.807) is 0 Å². The lowest BCUT2D eigenvalue weighted by molar-refractivity contribution is 0.200. The first-order valence-electron chi connectivity index (χ1n) is 6.70. The van der Waals surface area contributed by atoms with Crippen LogP contribution in [0.4, 0.5) is 0 Å². The van der Waals surface area contributed by atoms with Gasteiger partial charge < -0.3 is 3.79 Å². The summed E-state index contributed by atoms with van der Waals surface area (Å²) in [5.74, 6) is 0. The van der Waals surface area contributed by atoms with E-state index in [1.807, 2.05) is 0 Å². The van der Waals surface area contributed by atoms with Crippen molar-refractivity contribution in [2.45, 2.75) is 84.2 Å². The lowest BCUT2D eigenvalue weighted by atomic mass is 10.0. The van der Waals surface area contributed by atoms with Gasteiger partial charge in [0.1, 0.15) is 0 Å². The zero-order valence-electron chi connectivity index (χ0n) is 10.6. The van der Waals surface area contributed by atoms with Crippen molar-refractivity contribution >= 4 is 16.6 Å². The summed E-state index contributed by atoms with van der Waals surface area (Å²) in [6, 6.07) is 0. The molecule has 0 heterocycles. The molecule has 2 heteroatoms. The van der Waals surface area contributed by atoms with Crippen LogP contribution in [0, 0.1) is 0 Å². The van der Waals surface area contributed by atoms with Crippen LogP contribution >= 0.6 is 0 Å². The standard InChI is InChI=1S/C13H27O.Al/c1-3-5-6-7-8-9-10-11-12-13(14)4-2;/h13H,3-12H2,1-2H3;/q-1;+1. The fourth-order valence-corrected chi connectivity index (χ4v) is 2.20. The van der Waals surface area contributed by atoms with E-state index in [2.05, 4.69) is 30.5 Å². The zero-order chi connectivity index (χ0) is 11.4. The van der Waals surface area contributed by atoms with Gasteiger partial charge in [-0.15, -0.1) is 0 Å². The van der Waals surface area contributed by atoms with Crippen LogP contribution in [0.15, 0.2) is 0 Å². The van der Waals surface area contributed by atoms with Crippen LogP contribution in [0.25, 0.3) is 0 Å². The first-order chi connectivity index (χ1) is 7.35. The van der Waals surface area contributed by atoms with Crippen molar-refractivity contribution in [1.82, 2.24) is 0 Å². The Morgan fingerprint density at radius 3 is 1.87 bits per heavy atom. The molecule has 15 heavy (non-hydrogen) atoms. The summed E-state index contributed by atoms with van der Waals surface area (Å²) < 4.78 is 5.28. The van der Waals surface area contributed by atoms with E-state index in [1.165, 1.54) is 57.8 Å². The molecule has 0 aromatic heterocycles. The van der Waals surface area contributed by atoms with Gasteiger partial charge in [-0.3, -0.25) is 0 Å². The van der Waals surface area contributed by atoms with Crippen LogP contribution in [-0.4, -0.2) is 22.7 Å². The van der Waals surface area contributed by atoms with Crippen LogP contribution in [0.3, 0.4) is 0 Å². The van der Waals surface area contributed by atoms with E-state index < -0.39 is 0 Å². The van der Waals surface area contributed by atoms with Crippen molar-refractivity contribution in [1.29, 1.82) is 0 Å². The van der Waals surface area contributed by atoms with Gasteiger partial charge in [-0.05, 0) is 12.8 Å². The Bertz CT molecular complexity index is 113. The van der Waals surface area contributed by atoms with E-state index in [0.29, 0.717) is 6.10 Å². The second kappa shape index (κ2) is 12.6. The third kappa shape index (κ3) is 10.8. The molecule has 0 N–H and O–H groups in total. The van der Waals surface area contributed by atoms with Gasteiger partial charge in [0.2, 0.25) is 0 Å². The fourth-order valence-electron chi connectivity index (χ4n) is 1.87. The summed E-state index contributed by atoms with van der Waals surface area (Å²) in [6.07, 6.45) is 14.0. The zero-order valence-corrected chi connectivity index (χ0v) is 11.8. The molecule has 0 amide bonds. The third-order valence-corrected chi connectivity index (χ3v) is 3.41. The number of unbranched alkanes of at least 4 members (excludes halogenated alkanes) is 7. The minimum Gasteiger partial charge on any atom is -0.514 e. The van der Waals surface area contributed by atoms with Gasteiger partial charge in [-0.25, -0.2) is 0 Å². The molecular weight excluding hydrogens is 199 g/mol. The Hall–Kier alpha value is 0.492. The van der Waals surface area contributed by atoms with Gasteiger partial charge in [-0.1, -0.05) is 65.2 Å². The number of hydrogen-bond acceptors (Lipinski definition) is 1. The van der Waals surface area contributed by atoms with Crippen LogP contribution < -0.4 is 0 Å².